The number of hydrogen-bond acceptors (Lipinski definition) is 7. The molecule has 262 valence electrons. The molecule has 5 N–H and O–H groups in total. The van der Waals surface area contributed by atoms with E-state index in [1.165, 1.54) is 11.1 Å². The lowest BCUT2D eigenvalue weighted by atomic mass is 9.83. The third-order valence-corrected chi connectivity index (χ3v) is 10.9. The van der Waals surface area contributed by atoms with Crippen LogP contribution >= 0.6 is 0 Å². The number of nitrogens with one attached hydrogen (secondary N) is 4. The highest BCUT2D eigenvalue weighted by molar-refractivity contribution is 5.99. The third-order valence-electron chi connectivity index (χ3n) is 10.9. The smallest absolute Gasteiger partial charge is 0.270 e. The molecular formula is C36H52N6O6. The zero-order valence-corrected chi connectivity index (χ0v) is 28.7. The Morgan fingerprint density at radius 1 is 1.02 bits per heavy atom. The van der Waals surface area contributed by atoms with Crippen molar-refractivity contribution in [3.8, 4) is 0 Å². The average molecular weight is 665 g/mol. The van der Waals surface area contributed by atoms with Crippen LogP contribution in [0.25, 0.3) is 0 Å². The minimum Gasteiger partial charge on any atom is -0.381 e. The van der Waals surface area contributed by atoms with Crippen molar-refractivity contribution in [1.82, 2.24) is 31.2 Å². The molecule has 48 heavy (non-hydrogen) atoms. The summed E-state index contributed by atoms with van der Waals surface area (Å²) in [6, 6.07) is 1.42. The van der Waals surface area contributed by atoms with Crippen LogP contribution in [0.3, 0.4) is 0 Å². The largest absolute Gasteiger partial charge is 0.381 e. The van der Waals surface area contributed by atoms with E-state index in [-0.39, 0.29) is 34.9 Å². The summed E-state index contributed by atoms with van der Waals surface area (Å²) >= 11 is 0. The zero-order chi connectivity index (χ0) is 34.7. The van der Waals surface area contributed by atoms with Gasteiger partial charge in [-0.1, -0.05) is 59.1 Å². The molecule has 1 aliphatic heterocycles. The molecule has 12 nitrogen and oxygen atoms in total. The Labute approximate surface area is 283 Å². The third kappa shape index (κ3) is 7.74. The number of likely N-dealkylation sites (tertiary alicyclic amines) is 1. The van der Waals surface area contributed by atoms with Crippen LogP contribution in [0.5, 0.6) is 0 Å². The molecule has 0 aromatic carbocycles. The lowest BCUT2D eigenvalue weighted by molar-refractivity contribution is -0.143. The van der Waals surface area contributed by atoms with Gasteiger partial charge >= 0.3 is 0 Å². The van der Waals surface area contributed by atoms with Crippen molar-refractivity contribution in [2.75, 3.05) is 6.54 Å². The van der Waals surface area contributed by atoms with E-state index < -0.39 is 59.8 Å². The van der Waals surface area contributed by atoms with Gasteiger partial charge in [-0.15, -0.1) is 0 Å². The standard InChI is InChI=1S/C36H52N6O6/c1-6-12-24(30(43)34(47)38-22-16-17-22)39-33(46)29-26-23(36(26,4)5)19-42(29)35(48)27(20(2)3)40-32(45)28(21-13-8-7-9-14-21)41-31(44)25-15-10-11-18-37-25/h10-11,15,18,21-24,26-30,43H,2,6-9,12-14,16-17,19H2,1,3-5H3,(H,38,47)(H,39,46)(H,40,45)(H,41,44)/t23-,24-,26-,27-,28-,29-,30?/m0/s1. The molecule has 5 amide bonds. The summed E-state index contributed by atoms with van der Waals surface area (Å²) in [4.78, 5) is 73.7. The Kier molecular flexibility index (Phi) is 10.9. The molecule has 0 radical (unpaired) electrons. The first-order valence-corrected chi connectivity index (χ1v) is 17.6. The van der Waals surface area contributed by atoms with Gasteiger partial charge in [0.25, 0.3) is 11.8 Å². The van der Waals surface area contributed by atoms with Gasteiger partial charge in [-0.3, -0.25) is 29.0 Å². The van der Waals surface area contributed by atoms with Gasteiger partial charge in [0.05, 0.1) is 6.04 Å². The molecule has 0 bridgehead atoms. The first-order valence-electron chi connectivity index (χ1n) is 17.6. The van der Waals surface area contributed by atoms with E-state index in [4.69, 9.17) is 0 Å². The second kappa shape index (κ2) is 14.8. The van der Waals surface area contributed by atoms with Crippen molar-refractivity contribution in [3.05, 3.63) is 42.2 Å². The lowest BCUT2D eigenvalue weighted by Crippen LogP contribution is -2.60. The van der Waals surface area contributed by atoms with Crippen LogP contribution in [0, 0.1) is 23.2 Å². The summed E-state index contributed by atoms with van der Waals surface area (Å²) in [5.41, 5.74) is 0.426. The molecule has 1 aromatic rings. The first kappa shape index (κ1) is 35.5. The van der Waals surface area contributed by atoms with Gasteiger partial charge in [0.2, 0.25) is 17.7 Å². The summed E-state index contributed by atoms with van der Waals surface area (Å²) in [6.45, 7) is 12.1. The SMILES string of the molecule is C=C(C)[C@H](NC(=O)[C@@H](NC(=O)c1ccccn1)C1CCCCC1)C(=O)N1C[C@H]2[C@@H]([C@H]1C(=O)N[C@@H](CCC)C(O)C(=O)NC1CC1)C2(C)C. The minimum absolute atomic E-state index is 0.0661. The molecule has 3 aliphatic carbocycles. The van der Waals surface area contributed by atoms with Crippen LogP contribution in [0.2, 0.25) is 0 Å². The maximum Gasteiger partial charge on any atom is 0.270 e. The second-order valence-corrected chi connectivity index (χ2v) is 14.9. The van der Waals surface area contributed by atoms with Crippen molar-refractivity contribution in [3.63, 3.8) is 0 Å². The van der Waals surface area contributed by atoms with E-state index >= 15 is 0 Å². The van der Waals surface area contributed by atoms with E-state index in [9.17, 15) is 29.1 Å². The molecule has 5 rings (SSSR count). The van der Waals surface area contributed by atoms with Crippen molar-refractivity contribution < 1.29 is 29.1 Å². The van der Waals surface area contributed by atoms with Gasteiger partial charge in [-0.05, 0) is 79.9 Å². The normalized spacial score (nSPS) is 25.4. The van der Waals surface area contributed by atoms with Gasteiger partial charge in [0.15, 0.2) is 6.10 Å². The fourth-order valence-electron chi connectivity index (χ4n) is 7.77. The lowest BCUT2D eigenvalue weighted by Gasteiger charge is -2.35. The summed E-state index contributed by atoms with van der Waals surface area (Å²) < 4.78 is 0. The van der Waals surface area contributed by atoms with Gasteiger partial charge in [-0.25, -0.2) is 0 Å². The maximum atomic E-state index is 14.3. The number of hydrogen-bond donors (Lipinski definition) is 5. The van der Waals surface area contributed by atoms with Gasteiger partial charge in [0.1, 0.15) is 23.8 Å². The number of piperidine rings is 1. The second-order valence-electron chi connectivity index (χ2n) is 14.9. The van der Waals surface area contributed by atoms with Crippen molar-refractivity contribution in [2.45, 2.75) is 122 Å². The molecule has 4 aliphatic rings. The summed E-state index contributed by atoms with van der Waals surface area (Å²) in [6.07, 6.45) is 7.35. The quantitative estimate of drug-likeness (QED) is 0.190. The summed E-state index contributed by atoms with van der Waals surface area (Å²) in [5.74, 6) is -2.46. The molecule has 3 saturated carbocycles. The molecule has 1 aromatic heterocycles. The van der Waals surface area contributed by atoms with Gasteiger partial charge in [-0.2, -0.15) is 0 Å². The number of aliphatic hydroxyl groups excluding tert-OH is 1. The highest BCUT2D eigenvalue weighted by Gasteiger charge is 2.69. The highest BCUT2D eigenvalue weighted by Crippen LogP contribution is 2.65. The van der Waals surface area contributed by atoms with Crippen LogP contribution in [0.4, 0.5) is 0 Å². The van der Waals surface area contributed by atoms with E-state index in [0.717, 1.165) is 44.9 Å². The number of amides is 5. The highest BCUT2D eigenvalue weighted by atomic mass is 16.3. The summed E-state index contributed by atoms with van der Waals surface area (Å²) in [7, 11) is 0. The minimum atomic E-state index is -1.41. The van der Waals surface area contributed by atoms with Crippen molar-refractivity contribution in [1.29, 1.82) is 0 Å². The molecule has 12 heteroatoms. The van der Waals surface area contributed by atoms with E-state index in [0.29, 0.717) is 25.0 Å². The molecule has 1 unspecified atom stereocenters. The Morgan fingerprint density at radius 2 is 1.73 bits per heavy atom. The Balaban J connectivity index is 1.33. The van der Waals surface area contributed by atoms with Crippen LogP contribution in [0.1, 0.15) is 96.0 Å². The number of nitrogens with zero attached hydrogens (tertiary/aromatic N) is 2. The number of fused-ring (bicyclic) bond motifs is 1. The maximum absolute atomic E-state index is 14.3. The Hall–Kier alpha value is -3.80. The fourth-order valence-corrected chi connectivity index (χ4v) is 7.77. The number of rotatable bonds is 14. The predicted octanol–water partition coefficient (Wildman–Crippen LogP) is 2.23. The molecule has 2 heterocycles. The number of pyridine rings is 1. The zero-order valence-electron chi connectivity index (χ0n) is 28.7. The van der Waals surface area contributed by atoms with E-state index in [1.54, 1.807) is 25.1 Å². The van der Waals surface area contributed by atoms with E-state index in [1.807, 2.05) is 6.92 Å². The Bertz CT molecular complexity index is 1390. The van der Waals surface area contributed by atoms with Crippen LogP contribution in [-0.4, -0.2) is 87.4 Å². The van der Waals surface area contributed by atoms with E-state index in [2.05, 4.69) is 46.7 Å². The number of carbonyl (C=O) groups is 5. The molecule has 1 saturated heterocycles. The summed E-state index contributed by atoms with van der Waals surface area (Å²) in [5, 5.41) is 22.4. The first-order chi connectivity index (χ1) is 22.8. The average Bonchev–Trinajstić information content (AvgIpc) is 3.92. The molecule has 7 atom stereocenters. The molecule has 4 fully saturated rings. The molecule has 0 spiro atoms. The molecular weight excluding hydrogens is 612 g/mol. The van der Waals surface area contributed by atoms with Crippen LogP contribution < -0.4 is 21.3 Å². The monoisotopic (exact) mass is 664 g/mol. The van der Waals surface area contributed by atoms with Gasteiger partial charge in [0, 0.05) is 18.8 Å². The number of aliphatic hydroxyl groups is 1. The van der Waals surface area contributed by atoms with Crippen molar-refractivity contribution >= 4 is 29.5 Å². The van der Waals surface area contributed by atoms with Gasteiger partial charge < -0.3 is 31.3 Å². The van der Waals surface area contributed by atoms with Crippen LogP contribution in [0.15, 0.2) is 36.5 Å². The topological polar surface area (TPSA) is 170 Å². The van der Waals surface area contributed by atoms with Crippen LogP contribution in [-0.2, 0) is 19.2 Å². The predicted molar refractivity (Wildman–Crippen MR) is 179 cm³/mol. The fraction of sp³-hybridized carbons (Fsp3) is 0.667. The Morgan fingerprint density at radius 3 is 2.33 bits per heavy atom. The number of carbonyl (C=O) groups excluding carboxylic acids is 5. The number of aromatic nitrogens is 1. The van der Waals surface area contributed by atoms with Crippen molar-refractivity contribution in [2.24, 2.45) is 23.2 Å².